The van der Waals surface area contributed by atoms with Crippen LogP contribution < -0.4 is 24.4 Å². The Labute approximate surface area is 263 Å². The minimum atomic E-state index is -4.17. The van der Waals surface area contributed by atoms with Gasteiger partial charge in [-0.1, -0.05) is 72.8 Å². The molecule has 0 saturated carbocycles. The van der Waals surface area contributed by atoms with E-state index in [1.165, 1.54) is 37.3 Å². The van der Waals surface area contributed by atoms with Crippen molar-refractivity contribution in [2.75, 3.05) is 38.8 Å². The van der Waals surface area contributed by atoms with E-state index in [4.69, 9.17) is 14.2 Å². The first kappa shape index (κ1) is 31.6. The first-order valence-electron chi connectivity index (χ1n) is 14.4. The standard InChI is InChI=1S/C34H35N3O7S/c1-42-30-18-17-27(21-31(30)43-2)45(40,41)36(20-19-25-11-5-3-6-12-25)24-33(38)37-23-32(44-29-16-10-9-15-28(29)37)34(39)35-22-26-13-7-4-8-14-26/h3-18,21,32H,19-20,22-24H2,1-2H3,(H,35,39)/t32-/m1/s1. The predicted octanol–water partition coefficient (Wildman–Crippen LogP) is 4.05. The normalized spacial score (nSPS) is 14.3. The highest BCUT2D eigenvalue weighted by Gasteiger charge is 2.36. The summed E-state index contributed by atoms with van der Waals surface area (Å²) in [5.41, 5.74) is 2.30. The Hall–Kier alpha value is -4.87. The summed E-state index contributed by atoms with van der Waals surface area (Å²) in [5.74, 6) is 0.105. The number of sulfonamides is 1. The van der Waals surface area contributed by atoms with Gasteiger partial charge in [0.25, 0.3) is 5.91 Å². The lowest BCUT2D eigenvalue weighted by atomic mass is 10.1. The van der Waals surface area contributed by atoms with Crippen LogP contribution in [0.25, 0.3) is 0 Å². The number of ether oxygens (including phenoxy) is 3. The lowest BCUT2D eigenvalue weighted by molar-refractivity contribution is -0.128. The zero-order valence-electron chi connectivity index (χ0n) is 25.1. The van der Waals surface area contributed by atoms with Crippen LogP contribution in [0.2, 0.25) is 0 Å². The Morgan fingerprint density at radius 1 is 0.867 bits per heavy atom. The molecule has 0 spiro atoms. The van der Waals surface area contributed by atoms with Crippen LogP contribution in [0.4, 0.5) is 5.69 Å². The quantitative estimate of drug-likeness (QED) is 0.252. The molecule has 11 heteroatoms. The van der Waals surface area contributed by atoms with Crippen LogP contribution in [0.1, 0.15) is 11.1 Å². The molecular weight excluding hydrogens is 594 g/mol. The monoisotopic (exact) mass is 629 g/mol. The van der Waals surface area contributed by atoms with E-state index in [1.54, 1.807) is 24.3 Å². The molecule has 1 N–H and O–H groups in total. The van der Waals surface area contributed by atoms with Gasteiger partial charge in [-0.25, -0.2) is 8.42 Å². The number of benzene rings is 4. The van der Waals surface area contributed by atoms with Gasteiger partial charge in [-0.2, -0.15) is 4.31 Å². The topological polar surface area (TPSA) is 114 Å². The van der Waals surface area contributed by atoms with Gasteiger partial charge in [0.05, 0.1) is 37.9 Å². The SMILES string of the molecule is COc1ccc(S(=O)(=O)N(CCc2ccccc2)CC(=O)N2C[C@H](C(=O)NCc3ccccc3)Oc3ccccc32)cc1OC. The van der Waals surface area contributed by atoms with Crippen molar-refractivity contribution in [1.29, 1.82) is 0 Å². The van der Waals surface area contributed by atoms with Crippen molar-refractivity contribution in [3.63, 3.8) is 0 Å². The summed E-state index contributed by atoms with van der Waals surface area (Å²) in [7, 11) is -1.28. The van der Waals surface area contributed by atoms with Crippen LogP contribution in [-0.2, 0) is 32.6 Å². The van der Waals surface area contributed by atoms with Gasteiger partial charge >= 0.3 is 0 Å². The molecular formula is C34H35N3O7S. The van der Waals surface area contributed by atoms with Gasteiger partial charge in [0, 0.05) is 19.2 Å². The fourth-order valence-corrected chi connectivity index (χ4v) is 6.46. The summed E-state index contributed by atoms with van der Waals surface area (Å²) in [5, 5.41) is 2.87. The summed E-state index contributed by atoms with van der Waals surface area (Å²) in [6, 6.07) is 30.1. The highest BCUT2D eigenvalue weighted by Crippen LogP contribution is 2.34. The van der Waals surface area contributed by atoms with Crippen LogP contribution >= 0.6 is 0 Å². The summed E-state index contributed by atoms with van der Waals surface area (Å²) in [4.78, 5) is 28.6. The molecule has 4 aromatic carbocycles. The third-order valence-corrected chi connectivity index (χ3v) is 9.31. The van der Waals surface area contributed by atoms with Gasteiger partial charge in [0.2, 0.25) is 15.9 Å². The lowest BCUT2D eigenvalue weighted by Crippen LogP contribution is -2.53. The number of methoxy groups -OCH3 is 2. The van der Waals surface area contributed by atoms with Gasteiger partial charge in [0.1, 0.15) is 5.75 Å². The number of carbonyl (C=O) groups is 2. The second kappa shape index (κ2) is 14.3. The number of para-hydroxylation sites is 2. The first-order valence-corrected chi connectivity index (χ1v) is 15.9. The van der Waals surface area contributed by atoms with Crippen molar-refractivity contribution in [3.05, 3.63) is 114 Å². The zero-order chi connectivity index (χ0) is 31.8. The van der Waals surface area contributed by atoms with Crippen molar-refractivity contribution in [2.45, 2.75) is 24.0 Å². The van der Waals surface area contributed by atoms with Crippen molar-refractivity contribution in [3.8, 4) is 17.2 Å². The Balaban J connectivity index is 1.41. The van der Waals surface area contributed by atoms with E-state index in [0.29, 0.717) is 30.2 Å². The molecule has 2 amide bonds. The number of nitrogens with one attached hydrogen (secondary N) is 1. The molecule has 0 aliphatic carbocycles. The zero-order valence-corrected chi connectivity index (χ0v) is 25.9. The highest BCUT2D eigenvalue weighted by atomic mass is 32.2. The molecule has 0 aromatic heterocycles. The van der Waals surface area contributed by atoms with Crippen LogP contribution in [0.15, 0.2) is 108 Å². The predicted molar refractivity (Wildman–Crippen MR) is 170 cm³/mol. The van der Waals surface area contributed by atoms with Crippen LogP contribution in [0.3, 0.4) is 0 Å². The summed E-state index contributed by atoms with van der Waals surface area (Å²) in [6.45, 7) is -0.207. The molecule has 10 nitrogen and oxygen atoms in total. The van der Waals surface area contributed by atoms with Gasteiger partial charge in [-0.3, -0.25) is 9.59 Å². The van der Waals surface area contributed by atoms with Crippen LogP contribution in [0, 0.1) is 0 Å². The number of anilines is 1. The third kappa shape index (κ3) is 7.44. The molecule has 1 aliphatic heterocycles. The molecule has 234 valence electrons. The Morgan fingerprint density at radius 3 is 2.20 bits per heavy atom. The fraction of sp³-hybridized carbons (Fsp3) is 0.235. The van der Waals surface area contributed by atoms with Crippen molar-refractivity contribution in [1.82, 2.24) is 9.62 Å². The second-order valence-corrected chi connectivity index (χ2v) is 12.3. The summed E-state index contributed by atoms with van der Waals surface area (Å²) in [6.07, 6.45) is -0.613. The molecule has 0 bridgehead atoms. The Morgan fingerprint density at radius 2 is 1.51 bits per heavy atom. The fourth-order valence-electron chi connectivity index (χ4n) is 5.05. The van der Waals surface area contributed by atoms with E-state index in [-0.39, 0.29) is 29.6 Å². The van der Waals surface area contributed by atoms with Crippen LogP contribution in [-0.4, -0.2) is 64.5 Å². The molecule has 0 saturated heterocycles. The molecule has 0 fully saturated rings. The van der Waals surface area contributed by atoms with Gasteiger partial charge in [0.15, 0.2) is 17.6 Å². The van der Waals surface area contributed by atoms with Crippen molar-refractivity contribution >= 4 is 27.5 Å². The maximum Gasteiger partial charge on any atom is 0.263 e. The van der Waals surface area contributed by atoms with E-state index < -0.39 is 28.6 Å². The smallest absolute Gasteiger partial charge is 0.263 e. The maximum atomic E-state index is 14.0. The first-order chi connectivity index (χ1) is 21.8. The van der Waals surface area contributed by atoms with E-state index in [0.717, 1.165) is 15.4 Å². The summed E-state index contributed by atoms with van der Waals surface area (Å²) >= 11 is 0. The largest absolute Gasteiger partial charge is 0.493 e. The molecule has 5 rings (SSSR count). The summed E-state index contributed by atoms with van der Waals surface area (Å²) < 4.78 is 45.9. The van der Waals surface area contributed by atoms with E-state index >= 15 is 0 Å². The van der Waals surface area contributed by atoms with E-state index in [1.807, 2.05) is 60.7 Å². The third-order valence-electron chi connectivity index (χ3n) is 7.47. The Kier molecular flexibility index (Phi) is 10.0. The van der Waals surface area contributed by atoms with Gasteiger partial charge in [-0.05, 0) is 41.8 Å². The maximum absolute atomic E-state index is 14.0. The van der Waals surface area contributed by atoms with Gasteiger partial charge < -0.3 is 24.4 Å². The molecule has 4 aromatic rings. The number of fused-ring (bicyclic) bond motifs is 1. The molecule has 0 radical (unpaired) electrons. The van der Waals surface area contributed by atoms with Crippen LogP contribution in [0.5, 0.6) is 17.2 Å². The Bertz CT molecular complexity index is 1730. The molecule has 1 aliphatic rings. The molecule has 1 atom stereocenters. The van der Waals surface area contributed by atoms with Crippen molar-refractivity contribution in [2.24, 2.45) is 0 Å². The number of hydrogen-bond donors (Lipinski definition) is 1. The molecule has 0 unspecified atom stereocenters. The average molecular weight is 630 g/mol. The lowest BCUT2D eigenvalue weighted by Gasteiger charge is -2.35. The van der Waals surface area contributed by atoms with Crippen molar-refractivity contribution < 1.29 is 32.2 Å². The minimum absolute atomic E-state index is 0.0402. The molecule has 45 heavy (non-hydrogen) atoms. The van der Waals surface area contributed by atoms with E-state index in [2.05, 4.69) is 5.32 Å². The number of carbonyl (C=O) groups excluding carboxylic acids is 2. The number of hydrogen-bond acceptors (Lipinski definition) is 7. The number of nitrogens with zero attached hydrogens (tertiary/aromatic N) is 2. The molecule has 1 heterocycles. The number of rotatable bonds is 12. The van der Waals surface area contributed by atoms with E-state index in [9.17, 15) is 18.0 Å². The minimum Gasteiger partial charge on any atom is -0.493 e. The average Bonchev–Trinajstić information content (AvgIpc) is 3.08. The number of amides is 2. The second-order valence-electron chi connectivity index (χ2n) is 10.4. The highest BCUT2D eigenvalue weighted by molar-refractivity contribution is 7.89. The van der Waals surface area contributed by atoms with Gasteiger partial charge in [-0.15, -0.1) is 0 Å².